The molecule has 1 aliphatic rings. The molecule has 0 amide bonds. The van der Waals surface area contributed by atoms with E-state index in [-0.39, 0.29) is 0 Å². The van der Waals surface area contributed by atoms with Crippen molar-refractivity contribution in [3.8, 4) is 11.8 Å². The lowest BCUT2D eigenvalue weighted by Crippen LogP contribution is -2.49. The Kier molecular flexibility index (Phi) is 4.10. The summed E-state index contributed by atoms with van der Waals surface area (Å²) in [7, 11) is 0. The monoisotopic (exact) mass is 247 g/mol. The predicted octanol–water partition coefficient (Wildman–Crippen LogP) is 3.42. The number of rotatable bonds is 2. The van der Waals surface area contributed by atoms with Gasteiger partial charge in [-0.25, -0.2) is 0 Å². The van der Waals surface area contributed by atoms with Crippen LogP contribution >= 0.6 is 11.6 Å². The van der Waals surface area contributed by atoms with Crippen LogP contribution in [0.1, 0.15) is 25.8 Å². The maximum atomic E-state index is 5.82. The molecule has 0 aromatic heterocycles. The third kappa shape index (κ3) is 3.49. The van der Waals surface area contributed by atoms with Crippen LogP contribution in [-0.4, -0.2) is 24.0 Å². The third-order valence-corrected chi connectivity index (χ3v) is 3.44. The standard InChI is InChI=1S/C15H18ClN/c1-12(2)17-10-14(11-17)5-3-4-13-6-8-15(16)9-7-13/h6-9,12,14H,5,10-11H2,1-2H3. The zero-order valence-electron chi connectivity index (χ0n) is 10.4. The smallest absolute Gasteiger partial charge is 0.0406 e. The van der Waals surface area contributed by atoms with E-state index in [1.54, 1.807) is 0 Å². The fourth-order valence-corrected chi connectivity index (χ4v) is 2.12. The van der Waals surface area contributed by atoms with Crippen molar-refractivity contribution in [2.75, 3.05) is 13.1 Å². The summed E-state index contributed by atoms with van der Waals surface area (Å²) in [4.78, 5) is 2.48. The first-order valence-electron chi connectivity index (χ1n) is 6.13. The molecule has 17 heavy (non-hydrogen) atoms. The van der Waals surface area contributed by atoms with E-state index < -0.39 is 0 Å². The van der Waals surface area contributed by atoms with E-state index in [2.05, 4.69) is 30.6 Å². The highest BCUT2D eigenvalue weighted by Crippen LogP contribution is 2.20. The summed E-state index contributed by atoms with van der Waals surface area (Å²) in [6.45, 7) is 6.89. The van der Waals surface area contributed by atoms with Crippen molar-refractivity contribution in [2.24, 2.45) is 5.92 Å². The van der Waals surface area contributed by atoms with E-state index in [9.17, 15) is 0 Å². The van der Waals surface area contributed by atoms with Crippen LogP contribution in [0.25, 0.3) is 0 Å². The van der Waals surface area contributed by atoms with Crippen molar-refractivity contribution >= 4 is 11.6 Å². The second-order valence-corrected chi connectivity index (χ2v) is 5.36. The Morgan fingerprint density at radius 2 is 1.94 bits per heavy atom. The van der Waals surface area contributed by atoms with Gasteiger partial charge in [0.25, 0.3) is 0 Å². The molecule has 0 aliphatic carbocycles. The Morgan fingerprint density at radius 3 is 2.53 bits per heavy atom. The van der Waals surface area contributed by atoms with Crippen LogP contribution in [0, 0.1) is 17.8 Å². The van der Waals surface area contributed by atoms with Crippen molar-refractivity contribution in [1.82, 2.24) is 4.90 Å². The lowest BCUT2D eigenvalue weighted by atomic mass is 9.95. The highest BCUT2D eigenvalue weighted by Gasteiger charge is 2.27. The molecule has 1 heterocycles. The first-order chi connectivity index (χ1) is 8.15. The summed E-state index contributed by atoms with van der Waals surface area (Å²) in [5.74, 6) is 7.21. The van der Waals surface area contributed by atoms with Crippen molar-refractivity contribution in [3.05, 3.63) is 34.9 Å². The molecule has 0 bridgehead atoms. The highest BCUT2D eigenvalue weighted by molar-refractivity contribution is 6.30. The average molecular weight is 248 g/mol. The minimum absolute atomic E-state index is 0.676. The van der Waals surface area contributed by atoms with Crippen molar-refractivity contribution in [1.29, 1.82) is 0 Å². The summed E-state index contributed by atoms with van der Waals surface area (Å²) >= 11 is 5.82. The Bertz CT molecular complexity index is 418. The normalized spacial score (nSPS) is 16.5. The number of benzene rings is 1. The number of hydrogen-bond acceptors (Lipinski definition) is 1. The molecule has 1 aromatic rings. The molecular formula is C15H18ClN. The molecule has 0 saturated carbocycles. The second-order valence-electron chi connectivity index (χ2n) is 4.93. The summed E-state index contributed by atoms with van der Waals surface area (Å²) in [6, 6.07) is 8.38. The van der Waals surface area contributed by atoms with E-state index in [0.29, 0.717) is 6.04 Å². The molecule has 2 heteroatoms. The summed E-state index contributed by atoms with van der Waals surface area (Å²) in [6.07, 6.45) is 1.01. The largest absolute Gasteiger partial charge is 0.300 e. The SMILES string of the molecule is CC(C)N1CC(CC#Cc2ccc(Cl)cc2)C1. The van der Waals surface area contributed by atoms with Crippen LogP contribution in [0.15, 0.2) is 24.3 Å². The van der Waals surface area contributed by atoms with Crippen LogP contribution in [0.5, 0.6) is 0 Å². The van der Waals surface area contributed by atoms with Crippen LogP contribution < -0.4 is 0 Å². The molecule has 0 unspecified atom stereocenters. The van der Waals surface area contributed by atoms with Crippen LogP contribution in [0.2, 0.25) is 5.02 Å². The number of likely N-dealkylation sites (tertiary alicyclic amines) is 1. The van der Waals surface area contributed by atoms with Gasteiger partial charge in [-0.05, 0) is 44.0 Å². The van der Waals surface area contributed by atoms with Gasteiger partial charge in [-0.3, -0.25) is 0 Å². The Morgan fingerprint density at radius 1 is 1.29 bits per heavy atom. The zero-order chi connectivity index (χ0) is 12.3. The predicted molar refractivity (Wildman–Crippen MR) is 73.1 cm³/mol. The van der Waals surface area contributed by atoms with Gasteiger partial charge in [0.15, 0.2) is 0 Å². The van der Waals surface area contributed by atoms with Gasteiger partial charge in [0.1, 0.15) is 0 Å². The molecular weight excluding hydrogens is 230 g/mol. The fraction of sp³-hybridized carbons (Fsp3) is 0.467. The van der Waals surface area contributed by atoms with E-state index in [0.717, 1.165) is 22.9 Å². The molecule has 90 valence electrons. The third-order valence-electron chi connectivity index (χ3n) is 3.18. The van der Waals surface area contributed by atoms with Gasteiger partial charge >= 0.3 is 0 Å². The zero-order valence-corrected chi connectivity index (χ0v) is 11.2. The molecule has 0 atom stereocenters. The van der Waals surface area contributed by atoms with Crippen LogP contribution in [-0.2, 0) is 0 Å². The van der Waals surface area contributed by atoms with Crippen LogP contribution in [0.4, 0.5) is 0 Å². The summed E-state index contributed by atoms with van der Waals surface area (Å²) in [5, 5.41) is 0.766. The maximum Gasteiger partial charge on any atom is 0.0406 e. The van der Waals surface area contributed by atoms with E-state index in [1.807, 2.05) is 24.3 Å². The Hall–Kier alpha value is -0.970. The average Bonchev–Trinajstić information content (AvgIpc) is 2.23. The number of hydrogen-bond donors (Lipinski definition) is 0. The molecule has 2 rings (SSSR count). The number of nitrogens with zero attached hydrogens (tertiary/aromatic N) is 1. The minimum Gasteiger partial charge on any atom is -0.300 e. The Balaban J connectivity index is 1.78. The van der Waals surface area contributed by atoms with Crippen LogP contribution in [0.3, 0.4) is 0 Å². The lowest BCUT2D eigenvalue weighted by Gasteiger charge is -2.41. The highest BCUT2D eigenvalue weighted by atomic mass is 35.5. The van der Waals surface area contributed by atoms with Gasteiger partial charge in [-0.1, -0.05) is 23.4 Å². The molecule has 1 aliphatic heterocycles. The van der Waals surface area contributed by atoms with Crippen molar-refractivity contribution in [2.45, 2.75) is 26.3 Å². The fourth-order valence-electron chi connectivity index (χ4n) is 1.99. The molecule has 0 N–H and O–H groups in total. The Labute approximate surface area is 109 Å². The van der Waals surface area contributed by atoms with Crippen molar-refractivity contribution in [3.63, 3.8) is 0 Å². The molecule has 1 nitrogen and oxygen atoms in total. The first kappa shape index (κ1) is 12.5. The van der Waals surface area contributed by atoms with Gasteiger partial charge in [-0.2, -0.15) is 0 Å². The molecule has 0 spiro atoms. The van der Waals surface area contributed by atoms with Gasteiger partial charge in [0, 0.05) is 36.1 Å². The number of halogens is 1. The van der Waals surface area contributed by atoms with E-state index >= 15 is 0 Å². The summed E-state index contributed by atoms with van der Waals surface area (Å²) < 4.78 is 0. The maximum absolute atomic E-state index is 5.82. The topological polar surface area (TPSA) is 3.24 Å². The molecule has 1 fully saturated rings. The molecule has 1 aromatic carbocycles. The molecule has 0 radical (unpaired) electrons. The first-order valence-corrected chi connectivity index (χ1v) is 6.51. The van der Waals surface area contributed by atoms with Gasteiger partial charge in [0.05, 0.1) is 0 Å². The van der Waals surface area contributed by atoms with Crippen molar-refractivity contribution < 1.29 is 0 Å². The molecule has 1 saturated heterocycles. The summed E-state index contributed by atoms with van der Waals surface area (Å²) in [5.41, 5.74) is 1.05. The van der Waals surface area contributed by atoms with E-state index in [4.69, 9.17) is 11.6 Å². The van der Waals surface area contributed by atoms with Gasteiger partial charge < -0.3 is 4.90 Å². The lowest BCUT2D eigenvalue weighted by molar-refractivity contribution is 0.0709. The second kappa shape index (κ2) is 5.58. The van der Waals surface area contributed by atoms with Gasteiger partial charge in [-0.15, -0.1) is 0 Å². The van der Waals surface area contributed by atoms with Gasteiger partial charge in [0.2, 0.25) is 0 Å². The minimum atomic E-state index is 0.676. The quantitative estimate of drug-likeness (QED) is 0.724. The van der Waals surface area contributed by atoms with E-state index in [1.165, 1.54) is 13.1 Å².